The Hall–Kier alpha value is -3.89. The van der Waals surface area contributed by atoms with Gasteiger partial charge in [0.15, 0.2) is 11.6 Å². The molecule has 2 aromatic carbocycles. The first-order valence-corrected chi connectivity index (χ1v) is 11.1. The molecule has 2 aromatic heterocycles. The fourth-order valence-corrected chi connectivity index (χ4v) is 3.80. The van der Waals surface area contributed by atoms with E-state index in [9.17, 15) is 9.18 Å². The maximum Gasteiger partial charge on any atom is 0.251 e. The Morgan fingerprint density at radius 2 is 1.85 bits per heavy atom. The van der Waals surface area contributed by atoms with Crippen LogP contribution in [0, 0.1) is 5.82 Å². The maximum atomic E-state index is 14.5. The second-order valence-electron chi connectivity index (χ2n) is 7.88. The summed E-state index contributed by atoms with van der Waals surface area (Å²) in [6, 6.07) is 14.4. The van der Waals surface area contributed by atoms with Gasteiger partial charge < -0.3 is 15.4 Å². The summed E-state index contributed by atoms with van der Waals surface area (Å²) in [7, 11) is 0. The minimum atomic E-state index is -0.558. The topological polar surface area (TPSA) is 97.2 Å². The average molecular weight is 462 g/mol. The molecule has 10 heteroatoms. The monoisotopic (exact) mass is 461 g/mol. The van der Waals surface area contributed by atoms with Gasteiger partial charge in [0, 0.05) is 37.4 Å². The number of imidazole rings is 1. The van der Waals surface area contributed by atoms with E-state index >= 15 is 0 Å². The van der Waals surface area contributed by atoms with E-state index in [0.717, 1.165) is 50.1 Å². The van der Waals surface area contributed by atoms with Gasteiger partial charge >= 0.3 is 0 Å². The highest BCUT2D eigenvalue weighted by Crippen LogP contribution is 2.21. The molecule has 0 atom stereocenters. The average Bonchev–Trinajstić information content (AvgIpc) is 3.30. The van der Waals surface area contributed by atoms with E-state index < -0.39 is 5.82 Å². The summed E-state index contributed by atoms with van der Waals surface area (Å²) < 4.78 is 21.4. The molecule has 4 aromatic rings. The first-order valence-electron chi connectivity index (χ1n) is 11.1. The number of hydrogen-bond acceptors (Lipinski definition) is 7. The molecule has 0 saturated carbocycles. The second kappa shape index (κ2) is 9.94. The Morgan fingerprint density at radius 1 is 1.06 bits per heavy atom. The molecule has 2 N–H and O–H groups in total. The number of rotatable bonds is 7. The van der Waals surface area contributed by atoms with E-state index in [0.29, 0.717) is 17.8 Å². The van der Waals surface area contributed by atoms with E-state index in [-0.39, 0.29) is 17.7 Å². The predicted molar refractivity (Wildman–Crippen MR) is 126 cm³/mol. The van der Waals surface area contributed by atoms with Crippen molar-refractivity contribution in [2.24, 2.45) is 0 Å². The van der Waals surface area contributed by atoms with Crippen LogP contribution >= 0.6 is 0 Å². The van der Waals surface area contributed by atoms with E-state index in [1.54, 1.807) is 28.8 Å². The molecule has 9 nitrogen and oxygen atoms in total. The van der Waals surface area contributed by atoms with Crippen LogP contribution in [0.1, 0.15) is 10.4 Å². The molecule has 1 saturated heterocycles. The molecule has 1 aliphatic rings. The number of ether oxygens (including phenoxy) is 1. The van der Waals surface area contributed by atoms with Gasteiger partial charge in [-0.1, -0.05) is 12.1 Å². The normalized spacial score (nSPS) is 14.3. The SMILES string of the molecule is O=C(NCCN1CCOCC1)c1ccc(Nc2ncc(F)c(-n3cnc4ccccc43)n2)cc1. The van der Waals surface area contributed by atoms with Crippen molar-refractivity contribution in [2.45, 2.75) is 0 Å². The fourth-order valence-electron chi connectivity index (χ4n) is 3.80. The van der Waals surface area contributed by atoms with Crippen LogP contribution in [0.25, 0.3) is 16.9 Å². The number of nitrogens with one attached hydrogen (secondary N) is 2. The highest BCUT2D eigenvalue weighted by atomic mass is 19.1. The van der Waals surface area contributed by atoms with Crippen LogP contribution in [-0.4, -0.2) is 69.7 Å². The number of halogens is 1. The summed E-state index contributed by atoms with van der Waals surface area (Å²) in [5.41, 5.74) is 2.72. The Balaban J connectivity index is 1.23. The number of morpholine rings is 1. The summed E-state index contributed by atoms with van der Waals surface area (Å²) in [5.74, 6) is -0.357. The zero-order valence-corrected chi connectivity index (χ0v) is 18.4. The van der Waals surface area contributed by atoms with Gasteiger partial charge in [-0.2, -0.15) is 4.98 Å². The van der Waals surface area contributed by atoms with Crippen LogP contribution in [0.3, 0.4) is 0 Å². The van der Waals surface area contributed by atoms with Crippen molar-refractivity contribution in [2.75, 3.05) is 44.7 Å². The molecule has 1 aliphatic heterocycles. The van der Waals surface area contributed by atoms with Gasteiger partial charge in [0.25, 0.3) is 5.91 Å². The molecular formula is C24H24FN7O2. The minimum Gasteiger partial charge on any atom is -0.379 e. The van der Waals surface area contributed by atoms with Gasteiger partial charge in [-0.25, -0.2) is 14.4 Å². The van der Waals surface area contributed by atoms with Crippen LogP contribution in [0.15, 0.2) is 61.1 Å². The molecule has 34 heavy (non-hydrogen) atoms. The lowest BCUT2D eigenvalue weighted by molar-refractivity contribution is 0.0383. The van der Waals surface area contributed by atoms with E-state index in [1.807, 2.05) is 24.3 Å². The van der Waals surface area contributed by atoms with Crippen LogP contribution < -0.4 is 10.6 Å². The Morgan fingerprint density at radius 3 is 2.68 bits per heavy atom. The van der Waals surface area contributed by atoms with Crippen LogP contribution in [0.2, 0.25) is 0 Å². The van der Waals surface area contributed by atoms with Crippen molar-refractivity contribution in [1.82, 2.24) is 29.7 Å². The Labute approximate surface area is 195 Å². The molecule has 1 fully saturated rings. The number of amides is 1. The van der Waals surface area contributed by atoms with Gasteiger partial charge in [-0.3, -0.25) is 14.3 Å². The number of anilines is 2. The smallest absolute Gasteiger partial charge is 0.251 e. The molecule has 174 valence electrons. The van der Waals surface area contributed by atoms with Crippen molar-refractivity contribution in [1.29, 1.82) is 0 Å². The number of nitrogens with zero attached hydrogens (tertiary/aromatic N) is 5. The van der Waals surface area contributed by atoms with Crippen LogP contribution in [0.5, 0.6) is 0 Å². The molecule has 1 amide bonds. The maximum absolute atomic E-state index is 14.5. The molecule has 5 rings (SSSR count). The quantitative estimate of drug-likeness (QED) is 0.437. The van der Waals surface area contributed by atoms with Gasteiger partial charge in [-0.15, -0.1) is 0 Å². The third-order valence-corrected chi connectivity index (χ3v) is 5.63. The Bertz CT molecular complexity index is 1290. The largest absolute Gasteiger partial charge is 0.379 e. The molecule has 0 aliphatic carbocycles. The van der Waals surface area contributed by atoms with Crippen molar-refractivity contribution in [3.8, 4) is 5.82 Å². The van der Waals surface area contributed by atoms with Crippen LogP contribution in [-0.2, 0) is 4.74 Å². The fraction of sp³-hybridized carbons (Fsp3) is 0.250. The minimum absolute atomic E-state index is 0.0995. The molecule has 3 heterocycles. The van der Waals surface area contributed by atoms with Gasteiger partial charge in [0.1, 0.15) is 6.33 Å². The van der Waals surface area contributed by atoms with Crippen molar-refractivity contribution in [3.63, 3.8) is 0 Å². The predicted octanol–water partition coefficient (Wildman–Crippen LogP) is 2.76. The van der Waals surface area contributed by atoms with Gasteiger partial charge in [0.2, 0.25) is 5.95 Å². The standard InChI is InChI=1S/C24H24FN7O2/c25-19-15-27-24(30-22(19)32-16-28-20-3-1-2-4-21(20)32)29-18-7-5-17(6-8-18)23(33)26-9-10-31-11-13-34-14-12-31/h1-8,15-16H,9-14H2,(H,26,33)(H,27,29,30). The van der Waals surface area contributed by atoms with Crippen molar-refractivity contribution < 1.29 is 13.9 Å². The summed E-state index contributed by atoms with van der Waals surface area (Å²) >= 11 is 0. The Kier molecular flexibility index (Phi) is 6.41. The molecule has 0 spiro atoms. The third-order valence-electron chi connectivity index (χ3n) is 5.63. The number of para-hydroxylation sites is 2. The van der Waals surface area contributed by atoms with Gasteiger partial charge in [-0.05, 0) is 36.4 Å². The highest BCUT2D eigenvalue weighted by Gasteiger charge is 2.14. The van der Waals surface area contributed by atoms with Crippen LogP contribution in [0.4, 0.5) is 16.0 Å². The highest BCUT2D eigenvalue weighted by molar-refractivity contribution is 5.94. The van der Waals surface area contributed by atoms with Crippen molar-refractivity contribution >= 4 is 28.6 Å². The number of carbonyl (C=O) groups is 1. The van der Waals surface area contributed by atoms with E-state index in [4.69, 9.17) is 4.74 Å². The van der Waals surface area contributed by atoms with E-state index in [1.165, 1.54) is 6.33 Å². The third kappa shape index (κ3) is 4.87. The lowest BCUT2D eigenvalue weighted by Crippen LogP contribution is -2.41. The first-order chi connectivity index (χ1) is 16.7. The number of aromatic nitrogens is 4. The lowest BCUT2D eigenvalue weighted by atomic mass is 10.2. The number of hydrogen-bond donors (Lipinski definition) is 2. The zero-order valence-electron chi connectivity index (χ0n) is 18.4. The molecule has 0 unspecified atom stereocenters. The number of benzene rings is 2. The molecule has 0 radical (unpaired) electrons. The lowest BCUT2D eigenvalue weighted by Gasteiger charge is -2.26. The number of fused-ring (bicyclic) bond motifs is 1. The molecule has 0 bridgehead atoms. The summed E-state index contributed by atoms with van der Waals surface area (Å²) in [6.07, 6.45) is 2.65. The van der Waals surface area contributed by atoms with Gasteiger partial charge in [0.05, 0.1) is 30.4 Å². The first kappa shape index (κ1) is 21.9. The van der Waals surface area contributed by atoms with E-state index in [2.05, 4.69) is 30.5 Å². The molecular weight excluding hydrogens is 437 g/mol. The zero-order chi connectivity index (χ0) is 23.3. The number of carbonyl (C=O) groups excluding carboxylic acids is 1. The summed E-state index contributed by atoms with van der Waals surface area (Å²) in [6.45, 7) is 4.63. The summed E-state index contributed by atoms with van der Waals surface area (Å²) in [4.78, 5) is 27.4. The summed E-state index contributed by atoms with van der Waals surface area (Å²) in [5, 5.41) is 6.00. The second-order valence-corrected chi connectivity index (χ2v) is 7.88. The van der Waals surface area contributed by atoms with Crippen molar-refractivity contribution in [3.05, 3.63) is 72.4 Å².